The first kappa shape index (κ1) is 20.9. The summed E-state index contributed by atoms with van der Waals surface area (Å²) in [5, 5.41) is 0. The predicted molar refractivity (Wildman–Crippen MR) is 96.6 cm³/mol. The summed E-state index contributed by atoms with van der Waals surface area (Å²) < 4.78 is 39.3. The summed E-state index contributed by atoms with van der Waals surface area (Å²) in [5.74, 6) is -0.917. The molecular formula is C19H20F2N2O5. The molecule has 150 valence electrons. The number of hydrogen-bond donors (Lipinski definition) is 2. The topological polar surface area (TPSA) is 85.9 Å². The molecule has 0 radical (unpaired) electrons. The van der Waals surface area contributed by atoms with Gasteiger partial charge in [-0.05, 0) is 49.2 Å². The molecule has 0 saturated heterocycles. The lowest BCUT2D eigenvalue weighted by Gasteiger charge is -2.13. The Morgan fingerprint density at radius 2 is 1.75 bits per heavy atom. The van der Waals surface area contributed by atoms with E-state index in [2.05, 4.69) is 15.6 Å². The van der Waals surface area contributed by atoms with Crippen LogP contribution in [0.15, 0.2) is 36.4 Å². The highest BCUT2D eigenvalue weighted by molar-refractivity contribution is 5.96. The molecule has 0 saturated carbocycles. The van der Waals surface area contributed by atoms with Gasteiger partial charge in [0.1, 0.15) is 5.75 Å². The fraction of sp³-hybridized carbons (Fsp3) is 0.263. The Bertz CT molecular complexity index is 858. The molecule has 28 heavy (non-hydrogen) atoms. The normalized spacial score (nSPS) is 10.4. The van der Waals surface area contributed by atoms with Crippen molar-refractivity contribution in [2.75, 3.05) is 13.7 Å². The van der Waals surface area contributed by atoms with Crippen molar-refractivity contribution in [3.8, 4) is 17.2 Å². The number of aryl methyl sites for hydroxylation is 2. The van der Waals surface area contributed by atoms with Gasteiger partial charge < -0.3 is 14.2 Å². The van der Waals surface area contributed by atoms with Crippen LogP contribution >= 0.6 is 0 Å². The molecule has 0 fully saturated rings. The first-order valence-electron chi connectivity index (χ1n) is 8.22. The number of rotatable bonds is 7. The van der Waals surface area contributed by atoms with Crippen LogP contribution in [0.25, 0.3) is 0 Å². The van der Waals surface area contributed by atoms with Crippen molar-refractivity contribution in [2.45, 2.75) is 20.5 Å². The van der Waals surface area contributed by atoms with Crippen LogP contribution in [0, 0.1) is 13.8 Å². The van der Waals surface area contributed by atoms with Crippen molar-refractivity contribution in [2.24, 2.45) is 0 Å². The van der Waals surface area contributed by atoms with Gasteiger partial charge in [0.2, 0.25) is 0 Å². The van der Waals surface area contributed by atoms with E-state index in [1.807, 2.05) is 26.0 Å². The molecule has 9 heteroatoms. The lowest BCUT2D eigenvalue weighted by Crippen LogP contribution is -2.43. The van der Waals surface area contributed by atoms with E-state index >= 15 is 0 Å². The fourth-order valence-corrected chi connectivity index (χ4v) is 2.24. The van der Waals surface area contributed by atoms with E-state index in [-0.39, 0.29) is 23.7 Å². The standard InChI is InChI=1S/C19H20F2N2O5/c1-11-4-5-12(2)15(8-11)27-10-17(24)22-23-18(25)13-6-7-14(28-19(20)21)16(9-13)26-3/h4-9,19H,10H2,1-3H3,(H,22,24)(H,23,25). The SMILES string of the molecule is COc1cc(C(=O)NNC(=O)COc2cc(C)ccc2C)ccc1OC(F)F. The van der Waals surface area contributed by atoms with Crippen molar-refractivity contribution in [1.82, 2.24) is 10.9 Å². The molecule has 0 heterocycles. The average Bonchev–Trinajstić information content (AvgIpc) is 2.66. The van der Waals surface area contributed by atoms with Gasteiger partial charge in [-0.3, -0.25) is 20.4 Å². The lowest BCUT2D eigenvalue weighted by molar-refractivity contribution is -0.123. The van der Waals surface area contributed by atoms with Gasteiger partial charge in [-0.15, -0.1) is 0 Å². The largest absolute Gasteiger partial charge is 0.493 e. The number of ether oxygens (including phenoxy) is 3. The summed E-state index contributed by atoms with van der Waals surface area (Å²) in [6.45, 7) is 0.432. The molecule has 0 aromatic heterocycles. The Hall–Kier alpha value is -3.36. The number of benzene rings is 2. The molecule has 0 aliphatic carbocycles. The average molecular weight is 394 g/mol. The zero-order valence-corrected chi connectivity index (χ0v) is 15.5. The third kappa shape index (κ3) is 5.83. The Kier molecular flexibility index (Phi) is 7.14. The smallest absolute Gasteiger partial charge is 0.387 e. The quantitative estimate of drug-likeness (QED) is 0.706. The van der Waals surface area contributed by atoms with E-state index in [0.29, 0.717) is 5.75 Å². The summed E-state index contributed by atoms with van der Waals surface area (Å²) in [6.07, 6.45) is 0. The number of alkyl halides is 2. The zero-order chi connectivity index (χ0) is 20.7. The summed E-state index contributed by atoms with van der Waals surface area (Å²) >= 11 is 0. The molecule has 2 aromatic rings. The second kappa shape index (κ2) is 9.54. The van der Waals surface area contributed by atoms with Crippen LogP contribution in [0.4, 0.5) is 8.78 Å². The summed E-state index contributed by atoms with van der Waals surface area (Å²) in [7, 11) is 1.25. The molecule has 0 spiro atoms. The molecule has 2 rings (SSSR count). The maximum Gasteiger partial charge on any atom is 0.387 e. The Morgan fingerprint density at radius 1 is 1.00 bits per heavy atom. The minimum atomic E-state index is -3.02. The minimum absolute atomic E-state index is 0.0440. The molecule has 2 aromatic carbocycles. The Balaban J connectivity index is 1.90. The first-order valence-corrected chi connectivity index (χ1v) is 8.22. The van der Waals surface area contributed by atoms with Crippen molar-refractivity contribution < 1.29 is 32.6 Å². The van der Waals surface area contributed by atoms with E-state index in [0.717, 1.165) is 11.1 Å². The number of hydrogen-bond acceptors (Lipinski definition) is 5. The van der Waals surface area contributed by atoms with Gasteiger partial charge >= 0.3 is 6.61 Å². The van der Waals surface area contributed by atoms with Gasteiger partial charge in [0.25, 0.3) is 11.8 Å². The number of amides is 2. The summed E-state index contributed by atoms with van der Waals surface area (Å²) in [5.41, 5.74) is 6.37. The first-order chi connectivity index (χ1) is 13.3. The van der Waals surface area contributed by atoms with Crippen LogP contribution < -0.4 is 25.1 Å². The van der Waals surface area contributed by atoms with Crippen molar-refractivity contribution >= 4 is 11.8 Å². The van der Waals surface area contributed by atoms with Crippen molar-refractivity contribution in [3.05, 3.63) is 53.1 Å². The van der Waals surface area contributed by atoms with Crippen LogP contribution in [-0.2, 0) is 4.79 Å². The highest BCUT2D eigenvalue weighted by atomic mass is 19.3. The van der Waals surface area contributed by atoms with E-state index in [4.69, 9.17) is 9.47 Å². The lowest BCUT2D eigenvalue weighted by atomic mass is 10.1. The molecular weight excluding hydrogens is 374 g/mol. The van der Waals surface area contributed by atoms with Gasteiger partial charge in [-0.2, -0.15) is 8.78 Å². The van der Waals surface area contributed by atoms with Crippen LogP contribution in [0.3, 0.4) is 0 Å². The second-order valence-corrected chi connectivity index (χ2v) is 5.80. The molecule has 2 amide bonds. The van der Waals surface area contributed by atoms with Gasteiger partial charge in [-0.1, -0.05) is 12.1 Å². The number of halogens is 2. The Labute approximate surface area is 160 Å². The maximum absolute atomic E-state index is 12.3. The molecule has 7 nitrogen and oxygen atoms in total. The highest BCUT2D eigenvalue weighted by Gasteiger charge is 2.15. The van der Waals surface area contributed by atoms with Crippen LogP contribution in [-0.4, -0.2) is 32.1 Å². The fourth-order valence-electron chi connectivity index (χ4n) is 2.24. The number of carbonyl (C=O) groups is 2. The van der Waals surface area contributed by atoms with E-state index in [1.165, 1.54) is 25.3 Å². The van der Waals surface area contributed by atoms with Crippen LogP contribution in [0.5, 0.6) is 17.2 Å². The van der Waals surface area contributed by atoms with Crippen LogP contribution in [0.2, 0.25) is 0 Å². The number of carbonyl (C=O) groups excluding carboxylic acids is 2. The highest BCUT2D eigenvalue weighted by Crippen LogP contribution is 2.29. The third-order valence-corrected chi connectivity index (χ3v) is 3.66. The second-order valence-electron chi connectivity index (χ2n) is 5.80. The van der Waals surface area contributed by atoms with Gasteiger partial charge in [0, 0.05) is 5.56 Å². The minimum Gasteiger partial charge on any atom is -0.493 e. The van der Waals surface area contributed by atoms with Gasteiger partial charge in [0.05, 0.1) is 7.11 Å². The van der Waals surface area contributed by atoms with E-state index in [9.17, 15) is 18.4 Å². The molecule has 0 aliphatic heterocycles. The number of hydrazine groups is 1. The molecule has 0 unspecified atom stereocenters. The predicted octanol–water partition coefficient (Wildman–Crippen LogP) is 2.75. The van der Waals surface area contributed by atoms with E-state index < -0.39 is 18.4 Å². The number of methoxy groups -OCH3 is 1. The molecule has 0 bridgehead atoms. The maximum atomic E-state index is 12.3. The van der Waals surface area contributed by atoms with Crippen molar-refractivity contribution in [3.63, 3.8) is 0 Å². The zero-order valence-electron chi connectivity index (χ0n) is 15.5. The van der Waals surface area contributed by atoms with Gasteiger partial charge in [-0.25, -0.2) is 0 Å². The monoisotopic (exact) mass is 394 g/mol. The van der Waals surface area contributed by atoms with Crippen LogP contribution in [0.1, 0.15) is 21.5 Å². The van der Waals surface area contributed by atoms with Crippen molar-refractivity contribution in [1.29, 1.82) is 0 Å². The van der Waals surface area contributed by atoms with E-state index in [1.54, 1.807) is 6.07 Å². The summed E-state index contributed by atoms with van der Waals surface area (Å²) in [4.78, 5) is 24.0. The summed E-state index contributed by atoms with van der Waals surface area (Å²) in [6, 6.07) is 9.25. The molecule has 2 N–H and O–H groups in total. The molecule has 0 atom stereocenters. The third-order valence-electron chi connectivity index (χ3n) is 3.66. The molecule has 0 aliphatic rings. The number of nitrogens with one attached hydrogen (secondary N) is 2. The van der Waals surface area contributed by atoms with Gasteiger partial charge in [0.15, 0.2) is 18.1 Å². The Morgan fingerprint density at radius 3 is 2.43 bits per heavy atom.